The van der Waals surface area contributed by atoms with Crippen LogP contribution in [0.4, 0.5) is 0 Å². The van der Waals surface area contributed by atoms with Crippen LogP contribution in [0.2, 0.25) is 0 Å². The SMILES string of the molecule is CN(C)C(C)(C)CNC(=O)CC#N. The fourth-order valence-corrected chi connectivity index (χ4v) is 0.607. The van der Waals surface area contributed by atoms with E-state index in [4.69, 9.17) is 5.26 Å². The number of carbonyl (C=O) groups excluding carboxylic acids is 1. The van der Waals surface area contributed by atoms with Gasteiger partial charge in [0.05, 0.1) is 6.07 Å². The second kappa shape index (κ2) is 4.83. The number of nitrogens with zero attached hydrogens (tertiary/aromatic N) is 2. The molecule has 0 radical (unpaired) electrons. The molecule has 1 N–H and O–H groups in total. The van der Waals surface area contributed by atoms with Crippen LogP contribution in [0.25, 0.3) is 0 Å². The number of nitrogens with one attached hydrogen (secondary N) is 1. The summed E-state index contributed by atoms with van der Waals surface area (Å²) in [7, 11) is 3.91. The summed E-state index contributed by atoms with van der Waals surface area (Å²) in [5, 5.41) is 11.0. The molecule has 0 heterocycles. The molecule has 4 nitrogen and oxygen atoms in total. The molecule has 13 heavy (non-hydrogen) atoms. The van der Waals surface area contributed by atoms with E-state index in [2.05, 4.69) is 5.32 Å². The topological polar surface area (TPSA) is 56.1 Å². The highest BCUT2D eigenvalue weighted by molar-refractivity contribution is 5.78. The zero-order chi connectivity index (χ0) is 10.5. The molecule has 0 atom stereocenters. The summed E-state index contributed by atoms with van der Waals surface area (Å²) >= 11 is 0. The van der Waals surface area contributed by atoms with Crippen LogP contribution in [0, 0.1) is 11.3 Å². The highest BCUT2D eigenvalue weighted by Gasteiger charge is 2.20. The molecule has 0 saturated heterocycles. The molecule has 0 saturated carbocycles. The van der Waals surface area contributed by atoms with Gasteiger partial charge in [-0.25, -0.2) is 0 Å². The molecule has 74 valence electrons. The zero-order valence-corrected chi connectivity index (χ0v) is 8.72. The van der Waals surface area contributed by atoms with Gasteiger partial charge >= 0.3 is 0 Å². The van der Waals surface area contributed by atoms with E-state index in [0.29, 0.717) is 6.54 Å². The first kappa shape index (κ1) is 11.9. The lowest BCUT2D eigenvalue weighted by atomic mass is 10.0. The Bertz CT molecular complexity index is 215. The number of amides is 1. The van der Waals surface area contributed by atoms with Crippen molar-refractivity contribution in [2.24, 2.45) is 0 Å². The van der Waals surface area contributed by atoms with Gasteiger partial charge in [0.2, 0.25) is 5.91 Å². The first-order valence-electron chi connectivity index (χ1n) is 4.21. The highest BCUT2D eigenvalue weighted by Crippen LogP contribution is 2.07. The summed E-state index contributed by atoms with van der Waals surface area (Å²) in [6.45, 7) is 4.61. The Kier molecular flexibility index (Phi) is 4.43. The highest BCUT2D eigenvalue weighted by atomic mass is 16.1. The Hall–Kier alpha value is -1.08. The third-order valence-corrected chi connectivity index (χ3v) is 2.17. The van der Waals surface area contributed by atoms with Crippen molar-refractivity contribution in [3.8, 4) is 6.07 Å². The quantitative estimate of drug-likeness (QED) is 0.684. The van der Waals surface area contributed by atoms with E-state index in [9.17, 15) is 4.79 Å². The first-order chi connectivity index (χ1) is 5.90. The molecule has 0 spiro atoms. The van der Waals surface area contributed by atoms with Crippen molar-refractivity contribution in [1.29, 1.82) is 5.26 Å². The largest absolute Gasteiger partial charge is 0.353 e. The lowest BCUT2D eigenvalue weighted by Gasteiger charge is -2.32. The lowest BCUT2D eigenvalue weighted by molar-refractivity contribution is -0.120. The summed E-state index contributed by atoms with van der Waals surface area (Å²) < 4.78 is 0. The van der Waals surface area contributed by atoms with Crippen LogP contribution in [0.5, 0.6) is 0 Å². The number of carbonyl (C=O) groups is 1. The van der Waals surface area contributed by atoms with Crippen LogP contribution in [0.15, 0.2) is 0 Å². The van der Waals surface area contributed by atoms with Crippen molar-refractivity contribution in [1.82, 2.24) is 10.2 Å². The molecule has 0 bridgehead atoms. The van der Waals surface area contributed by atoms with Crippen molar-refractivity contribution in [2.45, 2.75) is 25.8 Å². The van der Waals surface area contributed by atoms with E-state index in [1.54, 1.807) is 0 Å². The molecular formula is C9H17N3O. The Balaban J connectivity index is 3.89. The fraction of sp³-hybridized carbons (Fsp3) is 0.778. The van der Waals surface area contributed by atoms with Crippen LogP contribution < -0.4 is 5.32 Å². The molecule has 1 amide bonds. The summed E-state index contributed by atoms with van der Waals surface area (Å²) in [4.78, 5) is 13.0. The van der Waals surface area contributed by atoms with Gasteiger partial charge in [0.25, 0.3) is 0 Å². The predicted octanol–water partition coefficient (Wildman–Crippen LogP) is 0.356. The number of nitriles is 1. The van der Waals surface area contributed by atoms with Crippen molar-refractivity contribution in [3.63, 3.8) is 0 Å². The lowest BCUT2D eigenvalue weighted by Crippen LogP contribution is -2.48. The molecule has 0 aliphatic carbocycles. The van der Waals surface area contributed by atoms with E-state index in [-0.39, 0.29) is 17.9 Å². The Morgan fingerprint density at radius 3 is 2.46 bits per heavy atom. The van der Waals surface area contributed by atoms with Crippen molar-refractivity contribution in [2.75, 3.05) is 20.6 Å². The first-order valence-corrected chi connectivity index (χ1v) is 4.21. The van der Waals surface area contributed by atoms with Gasteiger partial charge in [-0.05, 0) is 27.9 Å². The maximum absolute atomic E-state index is 11.0. The predicted molar refractivity (Wildman–Crippen MR) is 51.0 cm³/mol. The van der Waals surface area contributed by atoms with E-state index in [1.165, 1.54) is 0 Å². The molecule has 0 aromatic rings. The summed E-state index contributed by atoms with van der Waals surface area (Å²) in [5.74, 6) is -0.211. The molecule has 0 fully saturated rings. The molecule has 0 aromatic heterocycles. The molecule has 0 unspecified atom stereocenters. The number of rotatable bonds is 4. The van der Waals surface area contributed by atoms with E-state index in [0.717, 1.165) is 0 Å². The third kappa shape index (κ3) is 4.48. The fourth-order valence-electron chi connectivity index (χ4n) is 0.607. The monoisotopic (exact) mass is 183 g/mol. The molecule has 4 heteroatoms. The van der Waals surface area contributed by atoms with Gasteiger partial charge in [0.1, 0.15) is 6.42 Å². The number of likely N-dealkylation sites (N-methyl/N-ethyl adjacent to an activating group) is 1. The van der Waals surface area contributed by atoms with Gasteiger partial charge in [-0.2, -0.15) is 5.26 Å². The molecule has 0 aromatic carbocycles. The van der Waals surface area contributed by atoms with Crippen LogP contribution in [0.1, 0.15) is 20.3 Å². The van der Waals surface area contributed by atoms with Gasteiger partial charge in [0, 0.05) is 12.1 Å². The minimum atomic E-state index is -0.211. The van der Waals surface area contributed by atoms with E-state index >= 15 is 0 Å². The number of hydrogen-bond acceptors (Lipinski definition) is 3. The summed E-state index contributed by atoms with van der Waals surface area (Å²) in [6, 6.07) is 1.81. The second-order valence-corrected chi connectivity index (χ2v) is 3.82. The van der Waals surface area contributed by atoms with Crippen molar-refractivity contribution in [3.05, 3.63) is 0 Å². The molecule has 0 rings (SSSR count). The van der Waals surface area contributed by atoms with Crippen LogP contribution in [0.3, 0.4) is 0 Å². The number of hydrogen-bond donors (Lipinski definition) is 1. The smallest absolute Gasteiger partial charge is 0.234 e. The minimum Gasteiger partial charge on any atom is -0.353 e. The normalized spacial score (nSPS) is 11.1. The van der Waals surface area contributed by atoms with Gasteiger partial charge < -0.3 is 10.2 Å². The summed E-state index contributed by atoms with van der Waals surface area (Å²) in [6.07, 6.45) is -0.0660. The van der Waals surface area contributed by atoms with Crippen LogP contribution >= 0.6 is 0 Å². The summed E-state index contributed by atoms with van der Waals surface area (Å²) in [5.41, 5.74) is -0.0783. The molecular weight excluding hydrogens is 166 g/mol. The van der Waals surface area contributed by atoms with Gasteiger partial charge in [-0.3, -0.25) is 4.79 Å². The Morgan fingerprint density at radius 1 is 1.54 bits per heavy atom. The molecule has 0 aliphatic rings. The average Bonchev–Trinajstić information content (AvgIpc) is 2.01. The standard InChI is InChI=1S/C9H17N3O/c1-9(2,12(3)4)7-11-8(13)5-6-10/h5,7H2,1-4H3,(H,11,13). The average molecular weight is 183 g/mol. The Labute approximate surface area is 79.5 Å². The van der Waals surface area contributed by atoms with Crippen molar-refractivity contribution < 1.29 is 4.79 Å². The van der Waals surface area contributed by atoms with E-state index < -0.39 is 0 Å². The van der Waals surface area contributed by atoms with Gasteiger partial charge in [-0.1, -0.05) is 0 Å². The van der Waals surface area contributed by atoms with Crippen molar-refractivity contribution >= 4 is 5.91 Å². The van der Waals surface area contributed by atoms with Crippen LogP contribution in [-0.2, 0) is 4.79 Å². The maximum Gasteiger partial charge on any atom is 0.234 e. The minimum absolute atomic E-state index is 0.0660. The zero-order valence-electron chi connectivity index (χ0n) is 8.72. The maximum atomic E-state index is 11.0. The van der Waals surface area contributed by atoms with Gasteiger partial charge in [-0.15, -0.1) is 0 Å². The molecule has 0 aliphatic heterocycles. The van der Waals surface area contributed by atoms with E-state index in [1.807, 2.05) is 38.9 Å². The van der Waals surface area contributed by atoms with Crippen LogP contribution in [-0.4, -0.2) is 37.0 Å². The second-order valence-electron chi connectivity index (χ2n) is 3.82. The van der Waals surface area contributed by atoms with Gasteiger partial charge in [0.15, 0.2) is 0 Å². The third-order valence-electron chi connectivity index (χ3n) is 2.17. The Morgan fingerprint density at radius 2 is 2.08 bits per heavy atom.